The highest BCUT2D eigenvalue weighted by atomic mass is 35.5. The zero-order valence-electron chi connectivity index (χ0n) is 13.3. The molecule has 2 atom stereocenters. The highest BCUT2D eigenvalue weighted by Gasteiger charge is 2.25. The van der Waals surface area contributed by atoms with E-state index in [2.05, 4.69) is 5.32 Å². The molecule has 2 unspecified atom stereocenters. The molecule has 1 fully saturated rings. The van der Waals surface area contributed by atoms with Crippen molar-refractivity contribution in [1.29, 1.82) is 0 Å². The van der Waals surface area contributed by atoms with Crippen LogP contribution in [0.4, 0.5) is 0 Å². The number of carbonyl (C=O) groups is 2. The Morgan fingerprint density at radius 3 is 2.48 bits per heavy atom. The Bertz CT molecular complexity index is 540. The molecular formula is C16H21ClN2O4. The average molecular weight is 341 g/mol. The van der Waals surface area contributed by atoms with E-state index < -0.39 is 0 Å². The number of hydrogen-bond donors (Lipinski definition) is 1. The molecule has 1 N–H and O–H groups in total. The van der Waals surface area contributed by atoms with Crippen LogP contribution in [-0.2, 0) is 14.3 Å². The summed E-state index contributed by atoms with van der Waals surface area (Å²) in [4.78, 5) is 25.6. The number of morpholine rings is 1. The molecule has 23 heavy (non-hydrogen) atoms. The Morgan fingerprint density at radius 2 is 1.87 bits per heavy atom. The van der Waals surface area contributed by atoms with Crippen molar-refractivity contribution in [1.82, 2.24) is 10.2 Å². The fourth-order valence-electron chi connectivity index (χ4n) is 2.40. The van der Waals surface area contributed by atoms with E-state index >= 15 is 0 Å². The van der Waals surface area contributed by atoms with Crippen molar-refractivity contribution in [2.45, 2.75) is 26.1 Å². The van der Waals surface area contributed by atoms with Gasteiger partial charge in [0.15, 0.2) is 6.61 Å². The highest BCUT2D eigenvalue weighted by Crippen LogP contribution is 2.15. The second kappa shape index (κ2) is 8.17. The van der Waals surface area contributed by atoms with E-state index in [1.807, 2.05) is 13.8 Å². The van der Waals surface area contributed by atoms with Crippen LogP contribution in [0.3, 0.4) is 0 Å². The normalized spacial score (nSPS) is 20.9. The largest absolute Gasteiger partial charge is 0.484 e. The van der Waals surface area contributed by atoms with Gasteiger partial charge in [-0.25, -0.2) is 0 Å². The summed E-state index contributed by atoms with van der Waals surface area (Å²) in [6, 6.07) is 6.71. The zero-order valence-corrected chi connectivity index (χ0v) is 14.0. The minimum atomic E-state index is -0.345. The number of rotatable bonds is 5. The van der Waals surface area contributed by atoms with E-state index in [1.165, 1.54) is 0 Å². The van der Waals surface area contributed by atoms with E-state index in [4.69, 9.17) is 21.1 Å². The third kappa shape index (κ3) is 5.73. The van der Waals surface area contributed by atoms with E-state index in [1.54, 1.807) is 29.2 Å². The molecule has 0 bridgehead atoms. The number of benzene rings is 1. The van der Waals surface area contributed by atoms with Gasteiger partial charge in [-0.2, -0.15) is 0 Å². The maximum atomic E-state index is 12.1. The van der Waals surface area contributed by atoms with Crippen LogP contribution in [0.5, 0.6) is 5.75 Å². The van der Waals surface area contributed by atoms with Gasteiger partial charge in [0.2, 0.25) is 5.91 Å². The number of ether oxygens (including phenoxy) is 2. The number of nitrogens with zero attached hydrogens (tertiary/aromatic N) is 1. The van der Waals surface area contributed by atoms with Crippen molar-refractivity contribution in [2.24, 2.45) is 0 Å². The maximum absolute atomic E-state index is 12.1. The highest BCUT2D eigenvalue weighted by molar-refractivity contribution is 6.30. The fourth-order valence-corrected chi connectivity index (χ4v) is 2.52. The Labute approximate surface area is 140 Å². The third-order valence-corrected chi connectivity index (χ3v) is 3.64. The van der Waals surface area contributed by atoms with Crippen LogP contribution in [0.2, 0.25) is 5.02 Å². The molecule has 2 rings (SSSR count). The molecular weight excluding hydrogens is 320 g/mol. The molecule has 1 aromatic rings. The van der Waals surface area contributed by atoms with Crippen molar-refractivity contribution in [3.8, 4) is 5.75 Å². The van der Waals surface area contributed by atoms with Crippen molar-refractivity contribution in [3.63, 3.8) is 0 Å². The number of hydrogen-bond acceptors (Lipinski definition) is 4. The molecule has 1 aromatic carbocycles. The molecule has 2 amide bonds. The maximum Gasteiger partial charge on any atom is 0.258 e. The van der Waals surface area contributed by atoms with Crippen LogP contribution in [0.25, 0.3) is 0 Å². The predicted molar refractivity (Wildman–Crippen MR) is 86.5 cm³/mol. The molecule has 7 heteroatoms. The zero-order chi connectivity index (χ0) is 16.8. The first-order valence-electron chi connectivity index (χ1n) is 7.52. The fraction of sp³-hybridized carbons (Fsp3) is 0.500. The molecule has 1 heterocycles. The SMILES string of the molecule is CC1CN(C(=O)CNC(=O)COc2ccc(Cl)cc2)CC(C)O1. The van der Waals surface area contributed by atoms with Crippen LogP contribution >= 0.6 is 11.6 Å². The summed E-state index contributed by atoms with van der Waals surface area (Å²) in [6.07, 6.45) is 0.0123. The average Bonchev–Trinajstić information content (AvgIpc) is 2.51. The molecule has 0 aliphatic carbocycles. The summed E-state index contributed by atoms with van der Waals surface area (Å²) in [5, 5.41) is 3.17. The minimum absolute atomic E-state index is 0.00615. The quantitative estimate of drug-likeness (QED) is 0.881. The second-order valence-electron chi connectivity index (χ2n) is 5.58. The molecule has 0 saturated carbocycles. The van der Waals surface area contributed by atoms with E-state index in [0.717, 1.165) is 0 Å². The Hall–Kier alpha value is -1.79. The van der Waals surface area contributed by atoms with Gasteiger partial charge in [0, 0.05) is 18.1 Å². The molecule has 0 spiro atoms. The Kier molecular flexibility index (Phi) is 6.24. The van der Waals surface area contributed by atoms with Crippen molar-refractivity contribution in [2.75, 3.05) is 26.2 Å². The monoisotopic (exact) mass is 340 g/mol. The summed E-state index contributed by atoms with van der Waals surface area (Å²) < 4.78 is 10.9. The van der Waals surface area contributed by atoms with Gasteiger partial charge in [-0.15, -0.1) is 0 Å². The molecule has 126 valence electrons. The van der Waals surface area contributed by atoms with Crippen LogP contribution in [0, 0.1) is 0 Å². The van der Waals surface area contributed by atoms with Crippen molar-refractivity contribution < 1.29 is 19.1 Å². The number of amides is 2. The molecule has 0 aromatic heterocycles. The molecule has 1 aliphatic rings. The van der Waals surface area contributed by atoms with Gasteiger partial charge in [-0.05, 0) is 38.1 Å². The first kappa shape index (κ1) is 17.6. The van der Waals surface area contributed by atoms with Gasteiger partial charge in [-0.1, -0.05) is 11.6 Å². The van der Waals surface area contributed by atoms with E-state index in [9.17, 15) is 9.59 Å². The number of nitrogens with one attached hydrogen (secondary N) is 1. The molecule has 1 saturated heterocycles. The third-order valence-electron chi connectivity index (χ3n) is 3.39. The lowest BCUT2D eigenvalue weighted by Crippen LogP contribution is -2.51. The smallest absolute Gasteiger partial charge is 0.258 e. The topological polar surface area (TPSA) is 67.9 Å². The van der Waals surface area contributed by atoms with Crippen molar-refractivity contribution in [3.05, 3.63) is 29.3 Å². The molecule has 0 radical (unpaired) electrons. The lowest BCUT2D eigenvalue weighted by molar-refractivity contribution is -0.143. The minimum Gasteiger partial charge on any atom is -0.484 e. The lowest BCUT2D eigenvalue weighted by atomic mass is 10.2. The van der Waals surface area contributed by atoms with Crippen LogP contribution < -0.4 is 10.1 Å². The Morgan fingerprint density at radius 1 is 1.26 bits per heavy atom. The summed E-state index contributed by atoms with van der Waals surface area (Å²) in [5.74, 6) is 0.0844. The van der Waals surface area contributed by atoms with Gasteiger partial charge >= 0.3 is 0 Å². The van der Waals surface area contributed by atoms with Gasteiger partial charge in [-0.3, -0.25) is 9.59 Å². The van der Waals surface area contributed by atoms with Crippen LogP contribution in [0.1, 0.15) is 13.8 Å². The first-order valence-corrected chi connectivity index (χ1v) is 7.90. The van der Waals surface area contributed by atoms with Gasteiger partial charge in [0.25, 0.3) is 5.91 Å². The lowest BCUT2D eigenvalue weighted by Gasteiger charge is -2.35. The molecule has 6 nitrogen and oxygen atoms in total. The number of carbonyl (C=O) groups excluding carboxylic acids is 2. The Balaban J connectivity index is 1.71. The first-order chi connectivity index (χ1) is 10.9. The second-order valence-corrected chi connectivity index (χ2v) is 6.01. The predicted octanol–water partition coefficient (Wildman–Crippen LogP) is 1.47. The standard InChI is InChI=1S/C16H21ClN2O4/c1-11-8-19(9-12(2)23-11)16(21)7-18-15(20)10-22-14-5-3-13(17)4-6-14/h3-6,11-12H,7-10H2,1-2H3,(H,18,20). The van der Waals surface area contributed by atoms with E-state index in [0.29, 0.717) is 23.9 Å². The number of halogens is 1. The summed E-state index contributed by atoms with van der Waals surface area (Å²) in [7, 11) is 0. The van der Waals surface area contributed by atoms with Crippen LogP contribution in [0.15, 0.2) is 24.3 Å². The van der Waals surface area contributed by atoms with Gasteiger partial charge in [0.05, 0.1) is 18.8 Å². The van der Waals surface area contributed by atoms with Crippen LogP contribution in [-0.4, -0.2) is 55.2 Å². The molecule has 1 aliphatic heterocycles. The van der Waals surface area contributed by atoms with Crippen molar-refractivity contribution >= 4 is 23.4 Å². The van der Waals surface area contributed by atoms with Gasteiger partial charge < -0.3 is 19.7 Å². The summed E-state index contributed by atoms with van der Waals surface area (Å²) in [5.41, 5.74) is 0. The summed E-state index contributed by atoms with van der Waals surface area (Å²) >= 11 is 5.77. The van der Waals surface area contributed by atoms with Gasteiger partial charge in [0.1, 0.15) is 5.75 Å². The summed E-state index contributed by atoms with van der Waals surface area (Å²) in [6.45, 7) is 4.75. The van der Waals surface area contributed by atoms with E-state index in [-0.39, 0.29) is 37.2 Å².